The highest BCUT2D eigenvalue weighted by Gasteiger charge is 2.21. The van der Waals surface area contributed by atoms with Gasteiger partial charge in [0.1, 0.15) is 0 Å². The highest BCUT2D eigenvalue weighted by atomic mass is 16.5. The van der Waals surface area contributed by atoms with Gasteiger partial charge in [-0.15, -0.1) is 0 Å². The molecule has 0 spiro atoms. The molecule has 1 N–H and O–H groups in total. The van der Waals surface area contributed by atoms with Crippen LogP contribution in [0.4, 0.5) is 5.82 Å². The highest BCUT2D eigenvalue weighted by molar-refractivity contribution is 5.50. The Morgan fingerprint density at radius 3 is 3.05 bits per heavy atom. The fourth-order valence-electron chi connectivity index (χ4n) is 2.86. The Morgan fingerprint density at radius 2 is 2.32 bits per heavy atom. The lowest BCUT2D eigenvalue weighted by Crippen LogP contribution is -2.28. The summed E-state index contributed by atoms with van der Waals surface area (Å²) >= 11 is 0. The number of anilines is 1. The SMILES string of the molecule is CCCC1CCCN(c2nc[nH]c(=O)c2OC)CC1. The normalized spacial score (nSPS) is 20.1. The van der Waals surface area contributed by atoms with Crippen LogP contribution in [-0.4, -0.2) is 30.2 Å². The molecule has 1 aromatic heterocycles. The van der Waals surface area contributed by atoms with Gasteiger partial charge in [-0.1, -0.05) is 19.8 Å². The Labute approximate surface area is 114 Å². The molecular formula is C14H23N3O2. The van der Waals surface area contributed by atoms with Gasteiger partial charge >= 0.3 is 0 Å². The van der Waals surface area contributed by atoms with Crippen molar-refractivity contribution in [2.45, 2.75) is 39.0 Å². The van der Waals surface area contributed by atoms with E-state index < -0.39 is 0 Å². The summed E-state index contributed by atoms with van der Waals surface area (Å²) in [6.07, 6.45) is 7.60. The van der Waals surface area contributed by atoms with Crippen LogP contribution in [0.25, 0.3) is 0 Å². The predicted molar refractivity (Wildman–Crippen MR) is 75.9 cm³/mol. The van der Waals surface area contributed by atoms with Crippen LogP contribution in [0.15, 0.2) is 11.1 Å². The van der Waals surface area contributed by atoms with Crippen LogP contribution in [0.2, 0.25) is 0 Å². The molecule has 1 fully saturated rings. The lowest BCUT2D eigenvalue weighted by Gasteiger charge is -2.22. The molecule has 0 saturated carbocycles. The average Bonchev–Trinajstić information content (AvgIpc) is 2.64. The zero-order chi connectivity index (χ0) is 13.7. The monoisotopic (exact) mass is 265 g/mol. The minimum absolute atomic E-state index is 0.207. The first-order valence-corrected chi connectivity index (χ1v) is 7.12. The van der Waals surface area contributed by atoms with E-state index >= 15 is 0 Å². The third-order valence-electron chi connectivity index (χ3n) is 3.84. The lowest BCUT2D eigenvalue weighted by atomic mass is 9.96. The van der Waals surface area contributed by atoms with E-state index in [4.69, 9.17) is 4.74 Å². The molecule has 5 nitrogen and oxygen atoms in total. The second kappa shape index (κ2) is 6.59. The van der Waals surface area contributed by atoms with Crippen LogP contribution >= 0.6 is 0 Å². The Hall–Kier alpha value is -1.52. The van der Waals surface area contributed by atoms with Gasteiger partial charge in [0.05, 0.1) is 13.4 Å². The van der Waals surface area contributed by atoms with Crippen molar-refractivity contribution in [3.8, 4) is 5.75 Å². The van der Waals surface area contributed by atoms with Crippen LogP contribution in [0, 0.1) is 5.92 Å². The molecular weight excluding hydrogens is 242 g/mol. The maximum Gasteiger partial charge on any atom is 0.295 e. The summed E-state index contributed by atoms with van der Waals surface area (Å²) in [6, 6.07) is 0. The minimum Gasteiger partial charge on any atom is -0.489 e. The van der Waals surface area contributed by atoms with Crippen molar-refractivity contribution in [1.82, 2.24) is 9.97 Å². The third-order valence-corrected chi connectivity index (χ3v) is 3.84. The summed E-state index contributed by atoms with van der Waals surface area (Å²) in [4.78, 5) is 20.8. The van der Waals surface area contributed by atoms with E-state index in [1.165, 1.54) is 39.1 Å². The first kappa shape index (κ1) is 13.9. The molecule has 1 saturated heterocycles. The molecule has 2 heterocycles. The van der Waals surface area contributed by atoms with Crippen LogP contribution in [-0.2, 0) is 0 Å². The largest absolute Gasteiger partial charge is 0.489 e. The molecule has 106 valence electrons. The standard InChI is InChI=1S/C14H23N3O2/c1-3-5-11-6-4-8-17(9-7-11)13-12(19-2)14(18)16-10-15-13/h10-11H,3-9H2,1-2H3,(H,15,16,18). The molecule has 19 heavy (non-hydrogen) atoms. The smallest absolute Gasteiger partial charge is 0.295 e. The quantitative estimate of drug-likeness (QED) is 0.906. The van der Waals surface area contributed by atoms with E-state index in [1.54, 1.807) is 0 Å². The molecule has 2 rings (SSSR count). The van der Waals surface area contributed by atoms with E-state index in [2.05, 4.69) is 21.8 Å². The minimum atomic E-state index is -0.207. The van der Waals surface area contributed by atoms with Gasteiger partial charge in [-0.3, -0.25) is 4.79 Å². The van der Waals surface area contributed by atoms with Gasteiger partial charge in [-0.05, 0) is 25.2 Å². The first-order chi connectivity index (χ1) is 9.26. The summed E-state index contributed by atoms with van der Waals surface area (Å²) < 4.78 is 5.20. The Morgan fingerprint density at radius 1 is 1.47 bits per heavy atom. The number of ether oxygens (including phenoxy) is 1. The van der Waals surface area contributed by atoms with Gasteiger partial charge in [-0.2, -0.15) is 0 Å². The number of nitrogens with one attached hydrogen (secondary N) is 1. The summed E-state index contributed by atoms with van der Waals surface area (Å²) in [7, 11) is 1.52. The van der Waals surface area contributed by atoms with Gasteiger partial charge in [0.15, 0.2) is 5.82 Å². The number of nitrogens with zero attached hydrogens (tertiary/aromatic N) is 2. The zero-order valence-electron chi connectivity index (χ0n) is 11.8. The maximum absolute atomic E-state index is 11.7. The van der Waals surface area contributed by atoms with Crippen molar-refractivity contribution in [3.63, 3.8) is 0 Å². The number of hydrogen-bond donors (Lipinski definition) is 1. The van der Waals surface area contributed by atoms with Crippen molar-refractivity contribution in [1.29, 1.82) is 0 Å². The number of H-pyrrole nitrogens is 1. The number of rotatable bonds is 4. The maximum atomic E-state index is 11.7. The topological polar surface area (TPSA) is 58.2 Å². The number of aromatic nitrogens is 2. The number of aromatic amines is 1. The Kier molecular flexibility index (Phi) is 4.82. The van der Waals surface area contributed by atoms with Gasteiger partial charge in [0, 0.05) is 13.1 Å². The van der Waals surface area contributed by atoms with Crippen molar-refractivity contribution >= 4 is 5.82 Å². The van der Waals surface area contributed by atoms with Crippen LogP contribution in [0.5, 0.6) is 5.75 Å². The summed E-state index contributed by atoms with van der Waals surface area (Å²) in [5.74, 6) is 1.82. The summed E-state index contributed by atoms with van der Waals surface area (Å²) in [5, 5.41) is 0. The second-order valence-corrected chi connectivity index (χ2v) is 5.16. The van der Waals surface area contributed by atoms with E-state index in [9.17, 15) is 4.79 Å². The average molecular weight is 265 g/mol. The van der Waals surface area contributed by atoms with Crippen LogP contribution < -0.4 is 15.2 Å². The molecule has 0 amide bonds. The van der Waals surface area contributed by atoms with E-state index in [1.807, 2.05) is 0 Å². The molecule has 1 aliphatic heterocycles. The fraction of sp³-hybridized carbons (Fsp3) is 0.714. The van der Waals surface area contributed by atoms with Crippen molar-refractivity contribution in [2.24, 2.45) is 5.92 Å². The highest BCUT2D eigenvalue weighted by Crippen LogP contribution is 2.27. The van der Waals surface area contributed by atoms with E-state index in [0.29, 0.717) is 11.6 Å². The molecule has 1 aliphatic rings. The number of methoxy groups -OCH3 is 1. The molecule has 1 aromatic rings. The van der Waals surface area contributed by atoms with Crippen molar-refractivity contribution in [3.05, 3.63) is 16.7 Å². The molecule has 0 bridgehead atoms. The van der Waals surface area contributed by atoms with E-state index in [0.717, 1.165) is 25.4 Å². The van der Waals surface area contributed by atoms with Gasteiger partial charge in [0.25, 0.3) is 5.56 Å². The lowest BCUT2D eigenvalue weighted by molar-refractivity contribution is 0.405. The van der Waals surface area contributed by atoms with Crippen LogP contribution in [0.1, 0.15) is 39.0 Å². The molecule has 1 unspecified atom stereocenters. The molecule has 0 aromatic carbocycles. The van der Waals surface area contributed by atoms with E-state index in [-0.39, 0.29) is 5.56 Å². The third kappa shape index (κ3) is 3.28. The first-order valence-electron chi connectivity index (χ1n) is 7.12. The Bertz CT molecular complexity index is 458. The van der Waals surface area contributed by atoms with Gasteiger partial charge in [0.2, 0.25) is 5.75 Å². The molecule has 0 aliphatic carbocycles. The predicted octanol–water partition coefficient (Wildman–Crippen LogP) is 2.19. The number of hydrogen-bond acceptors (Lipinski definition) is 4. The second-order valence-electron chi connectivity index (χ2n) is 5.16. The zero-order valence-corrected chi connectivity index (χ0v) is 11.8. The molecule has 1 atom stereocenters. The van der Waals surface area contributed by atoms with Crippen molar-refractivity contribution in [2.75, 3.05) is 25.1 Å². The van der Waals surface area contributed by atoms with Crippen LogP contribution in [0.3, 0.4) is 0 Å². The summed E-state index contributed by atoms with van der Waals surface area (Å²) in [6.45, 7) is 4.15. The summed E-state index contributed by atoms with van der Waals surface area (Å²) in [5.41, 5.74) is -0.207. The fourth-order valence-corrected chi connectivity index (χ4v) is 2.86. The molecule has 5 heteroatoms. The molecule has 0 radical (unpaired) electrons. The van der Waals surface area contributed by atoms with Gasteiger partial charge in [-0.25, -0.2) is 4.98 Å². The van der Waals surface area contributed by atoms with Gasteiger partial charge < -0.3 is 14.6 Å². The Balaban J connectivity index is 2.14. The van der Waals surface area contributed by atoms with Crippen molar-refractivity contribution < 1.29 is 4.74 Å².